The molecule has 5 rings (SSSR count). The highest BCUT2D eigenvalue weighted by atomic mass is 16.6. The Balaban J connectivity index is 1.58. The van der Waals surface area contributed by atoms with Crippen molar-refractivity contribution in [2.45, 2.75) is 12.1 Å². The second-order valence-electron chi connectivity index (χ2n) is 8.44. The van der Waals surface area contributed by atoms with Gasteiger partial charge in [-0.25, -0.2) is 4.90 Å². The smallest absolute Gasteiger partial charge is 0.270 e. The van der Waals surface area contributed by atoms with Crippen molar-refractivity contribution in [2.75, 3.05) is 4.90 Å². The normalized spacial score (nSPS) is 24.1. The Labute approximate surface area is 202 Å². The Bertz CT molecular complexity index is 1460. The molecule has 0 aliphatic carbocycles. The van der Waals surface area contributed by atoms with Gasteiger partial charge in [-0.1, -0.05) is 12.1 Å². The molecule has 2 aromatic carbocycles. The average molecular weight is 485 g/mol. The highest BCUT2D eigenvalue weighted by Gasteiger charge is 2.63. The molecule has 2 saturated heterocycles. The Morgan fingerprint density at radius 2 is 1.61 bits per heavy atom. The number of fused-ring (bicyclic) bond motifs is 3. The number of hydrogen-bond acceptors (Lipinski definition) is 9. The maximum Gasteiger partial charge on any atom is 0.270 e. The number of Topliss-reactive ketones (excluding diaryl/α,β-unsaturated/α-hetero) is 1. The number of nitro groups is 2. The van der Waals surface area contributed by atoms with Gasteiger partial charge in [-0.2, -0.15) is 5.26 Å². The van der Waals surface area contributed by atoms with Crippen LogP contribution in [0.1, 0.15) is 10.4 Å². The van der Waals surface area contributed by atoms with E-state index in [-0.39, 0.29) is 28.2 Å². The number of anilines is 1. The summed E-state index contributed by atoms with van der Waals surface area (Å²) in [5.74, 6) is -4.00. The van der Waals surface area contributed by atoms with Gasteiger partial charge >= 0.3 is 0 Å². The first kappa shape index (κ1) is 22.6. The zero-order valence-corrected chi connectivity index (χ0v) is 18.3. The van der Waals surface area contributed by atoms with Crippen LogP contribution in [0.5, 0.6) is 0 Å². The Morgan fingerprint density at radius 3 is 2.25 bits per heavy atom. The number of carbonyl (C=O) groups excluding carboxylic acids is 3. The molecule has 3 aliphatic heterocycles. The highest BCUT2D eigenvalue weighted by molar-refractivity contribution is 6.24. The molecule has 0 N–H and O–H groups in total. The van der Waals surface area contributed by atoms with Crippen molar-refractivity contribution in [1.29, 1.82) is 5.26 Å². The predicted octanol–water partition coefficient (Wildman–Crippen LogP) is 2.52. The largest absolute Gasteiger partial charge is 0.359 e. The molecule has 12 heteroatoms. The molecular weight excluding hydrogens is 470 g/mol. The lowest BCUT2D eigenvalue weighted by atomic mass is 9.86. The van der Waals surface area contributed by atoms with Gasteiger partial charge in [0.1, 0.15) is 6.04 Å². The molecule has 0 radical (unpaired) electrons. The maximum atomic E-state index is 13.6. The fourth-order valence-electron chi connectivity index (χ4n) is 5.04. The van der Waals surface area contributed by atoms with Crippen molar-refractivity contribution in [2.24, 2.45) is 11.8 Å². The van der Waals surface area contributed by atoms with E-state index < -0.39 is 51.4 Å². The molecule has 3 heterocycles. The van der Waals surface area contributed by atoms with Crippen LogP contribution in [-0.4, -0.2) is 44.4 Å². The number of allylic oxidation sites excluding steroid dienone is 2. The van der Waals surface area contributed by atoms with Crippen molar-refractivity contribution in [3.05, 3.63) is 98.2 Å². The van der Waals surface area contributed by atoms with Crippen LogP contribution in [0, 0.1) is 43.4 Å². The highest BCUT2D eigenvalue weighted by Crippen LogP contribution is 2.47. The van der Waals surface area contributed by atoms with E-state index >= 15 is 0 Å². The van der Waals surface area contributed by atoms with Crippen LogP contribution in [0.15, 0.2) is 72.5 Å². The Hall–Kier alpha value is -5.18. The second-order valence-corrected chi connectivity index (χ2v) is 8.44. The molecule has 2 fully saturated rings. The topological polar surface area (TPSA) is 168 Å². The molecule has 3 aliphatic rings. The first-order valence-corrected chi connectivity index (χ1v) is 10.7. The molecule has 36 heavy (non-hydrogen) atoms. The zero-order chi connectivity index (χ0) is 25.7. The number of imide groups is 1. The third-order valence-electron chi connectivity index (χ3n) is 6.61. The minimum Gasteiger partial charge on any atom is -0.359 e. The van der Waals surface area contributed by atoms with Gasteiger partial charge in [-0.05, 0) is 24.3 Å². The summed E-state index contributed by atoms with van der Waals surface area (Å²) < 4.78 is 0. The van der Waals surface area contributed by atoms with Gasteiger partial charge in [0.05, 0.1) is 45.1 Å². The molecule has 0 saturated carbocycles. The first-order valence-electron chi connectivity index (χ1n) is 10.7. The van der Waals surface area contributed by atoms with Crippen LogP contribution in [-0.2, 0) is 9.59 Å². The van der Waals surface area contributed by atoms with Gasteiger partial charge in [0.25, 0.3) is 11.4 Å². The van der Waals surface area contributed by atoms with Crippen molar-refractivity contribution in [3.8, 4) is 6.07 Å². The molecule has 0 aromatic heterocycles. The zero-order valence-electron chi connectivity index (χ0n) is 18.3. The maximum absolute atomic E-state index is 13.6. The van der Waals surface area contributed by atoms with Crippen LogP contribution >= 0.6 is 0 Å². The Kier molecular flexibility index (Phi) is 5.17. The minimum absolute atomic E-state index is 0.00564. The summed E-state index contributed by atoms with van der Waals surface area (Å²) in [6.07, 6.45) is 4.47. The fraction of sp³-hybridized carbons (Fsp3) is 0.167. The van der Waals surface area contributed by atoms with E-state index in [1.165, 1.54) is 60.8 Å². The monoisotopic (exact) mass is 485 g/mol. The molecule has 12 nitrogen and oxygen atoms in total. The third kappa shape index (κ3) is 3.33. The second kappa shape index (κ2) is 8.24. The number of ketones is 1. The number of amides is 2. The van der Waals surface area contributed by atoms with Gasteiger partial charge in [0.15, 0.2) is 5.78 Å². The van der Waals surface area contributed by atoms with Crippen LogP contribution in [0.4, 0.5) is 17.1 Å². The van der Waals surface area contributed by atoms with Gasteiger partial charge in [0.2, 0.25) is 11.8 Å². The number of non-ortho nitro benzene ring substituents is 2. The van der Waals surface area contributed by atoms with Crippen LogP contribution in [0.3, 0.4) is 0 Å². The number of nitrogens with zero attached hydrogens (tertiary/aromatic N) is 5. The number of nitriles is 1. The van der Waals surface area contributed by atoms with Gasteiger partial charge in [-0.15, -0.1) is 0 Å². The summed E-state index contributed by atoms with van der Waals surface area (Å²) in [6.45, 7) is 0. The fourth-order valence-corrected chi connectivity index (χ4v) is 5.04. The van der Waals surface area contributed by atoms with Crippen molar-refractivity contribution >= 4 is 34.7 Å². The number of rotatable bonds is 5. The predicted molar refractivity (Wildman–Crippen MR) is 122 cm³/mol. The standard InChI is InChI=1S/C24H15N5O7/c25-12-13-8-9-26-18(10-13)19-20(21(26)22(30)14-2-1-3-17(11-14)29(35)36)24(32)27(23(19)31)15-4-6-16(7-5-15)28(33)34/h1-11,18-21H. The lowest BCUT2D eigenvalue weighted by Gasteiger charge is -2.32. The summed E-state index contributed by atoms with van der Waals surface area (Å²) in [6, 6.07) is 10.1. The summed E-state index contributed by atoms with van der Waals surface area (Å²) in [5.41, 5.74) is -0.136. The summed E-state index contributed by atoms with van der Waals surface area (Å²) in [4.78, 5) is 64.2. The molecule has 178 valence electrons. The number of nitro benzene ring substituents is 2. The number of hydrogen-bond donors (Lipinski definition) is 0. The number of carbonyl (C=O) groups is 3. The Morgan fingerprint density at radius 1 is 0.944 bits per heavy atom. The van der Waals surface area contributed by atoms with E-state index in [4.69, 9.17) is 0 Å². The van der Waals surface area contributed by atoms with E-state index in [0.717, 1.165) is 11.0 Å². The molecule has 4 unspecified atom stereocenters. The molecular formula is C24H15N5O7. The summed E-state index contributed by atoms with van der Waals surface area (Å²) >= 11 is 0. The SMILES string of the molecule is N#CC1=CC2C3C(=O)N(c4ccc([N+](=O)[O-])cc4)C(=O)C3C(C(=O)c3cccc([N+](=O)[O-])c3)N2C=C1. The van der Waals surface area contributed by atoms with Gasteiger partial charge in [-0.3, -0.25) is 34.6 Å². The first-order chi connectivity index (χ1) is 17.2. The van der Waals surface area contributed by atoms with Crippen LogP contribution in [0.25, 0.3) is 0 Å². The van der Waals surface area contributed by atoms with Crippen molar-refractivity contribution in [3.63, 3.8) is 0 Å². The lowest BCUT2D eigenvalue weighted by Crippen LogP contribution is -2.46. The lowest BCUT2D eigenvalue weighted by molar-refractivity contribution is -0.385. The molecule has 2 amide bonds. The quantitative estimate of drug-likeness (QED) is 0.267. The van der Waals surface area contributed by atoms with E-state index in [2.05, 4.69) is 0 Å². The summed E-state index contributed by atoms with van der Waals surface area (Å²) in [7, 11) is 0. The van der Waals surface area contributed by atoms with E-state index in [1.807, 2.05) is 6.07 Å². The van der Waals surface area contributed by atoms with Gasteiger partial charge < -0.3 is 4.90 Å². The summed E-state index contributed by atoms with van der Waals surface area (Å²) in [5, 5.41) is 31.6. The molecule has 0 spiro atoms. The minimum atomic E-state index is -1.16. The van der Waals surface area contributed by atoms with E-state index in [0.29, 0.717) is 0 Å². The average Bonchev–Trinajstić information content (AvgIpc) is 3.35. The van der Waals surface area contributed by atoms with Crippen molar-refractivity contribution in [1.82, 2.24) is 4.90 Å². The van der Waals surface area contributed by atoms with E-state index in [9.17, 15) is 39.9 Å². The third-order valence-corrected chi connectivity index (χ3v) is 6.61. The van der Waals surface area contributed by atoms with Crippen LogP contribution in [0.2, 0.25) is 0 Å². The van der Waals surface area contributed by atoms with Gasteiger partial charge in [0, 0.05) is 36.0 Å². The van der Waals surface area contributed by atoms with Crippen LogP contribution < -0.4 is 4.90 Å². The van der Waals surface area contributed by atoms with Crippen molar-refractivity contribution < 1.29 is 24.2 Å². The number of benzene rings is 2. The molecule has 0 bridgehead atoms. The van der Waals surface area contributed by atoms with E-state index in [1.54, 1.807) is 4.90 Å². The molecule has 4 atom stereocenters. The molecule has 2 aromatic rings.